The minimum absolute atomic E-state index is 0.0180. The Morgan fingerprint density at radius 2 is 1.38 bits per heavy atom. The molecule has 334 valence electrons. The van der Waals surface area contributed by atoms with E-state index in [1.807, 2.05) is 0 Å². The molecule has 0 spiro atoms. The van der Waals surface area contributed by atoms with Crippen molar-refractivity contribution in [1.82, 2.24) is 5.32 Å². The quantitative estimate of drug-likeness (QED) is 0.112. The first kappa shape index (κ1) is 45.3. The maximum atomic E-state index is 15.5. The number of hydrogen-bond donors (Lipinski definition) is 5. The Bertz CT molecular complexity index is 2320. The molecule has 4 aliphatic rings. The second-order valence-corrected chi connectivity index (χ2v) is 17.5. The maximum Gasteiger partial charge on any atom is 0.338 e. The summed E-state index contributed by atoms with van der Waals surface area (Å²) in [6.45, 7) is 7.39. The fourth-order valence-corrected chi connectivity index (χ4v) is 10.3. The number of ether oxygens (including phenoxy) is 5. The van der Waals surface area contributed by atoms with Crippen molar-refractivity contribution >= 4 is 35.6 Å². The molecular formula is C47H51NO15. The highest BCUT2D eigenvalue weighted by atomic mass is 16.6. The summed E-state index contributed by atoms with van der Waals surface area (Å²) >= 11 is 0. The molecule has 3 aromatic carbocycles. The summed E-state index contributed by atoms with van der Waals surface area (Å²) in [4.78, 5) is 83.6. The number of benzene rings is 3. The third-order valence-electron chi connectivity index (χ3n) is 13.5. The Labute approximate surface area is 363 Å². The zero-order valence-electron chi connectivity index (χ0n) is 35.6. The van der Waals surface area contributed by atoms with Gasteiger partial charge in [0.1, 0.15) is 30.0 Å². The number of amides is 1. The molecule has 0 aromatic heterocycles. The number of nitrogens with one attached hydrogen (secondary N) is 1. The molecule has 5 N–H and O–H groups in total. The smallest absolute Gasteiger partial charge is 0.338 e. The number of ketones is 1. The van der Waals surface area contributed by atoms with Gasteiger partial charge < -0.3 is 49.4 Å². The number of carbonyl (C=O) groups excluding carboxylic acids is 6. The van der Waals surface area contributed by atoms with Gasteiger partial charge in [0.05, 0.1) is 35.6 Å². The molecular weight excluding hydrogens is 819 g/mol. The van der Waals surface area contributed by atoms with E-state index in [0.29, 0.717) is 5.56 Å². The normalized spacial score (nSPS) is 32.7. The Hall–Kier alpha value is -5.78. The molecule has 12 atom stereocenters. The predicted molar refractivity (Wildman–Crippen MR) is 219 cm³/mol. The third kappa shape index (κ3) is 7.42. The third-order valence-corrected chi connectivity index (χ3v) is 13.5. The number of fused-ring (bicyclic) bond motifs is 5. The summed E-state index contributed by atoms with van der Waals surface area (Å²) in [5.41, 5.74) is -7.98. The van der Waals surface area contributed by atoms with Crippen LogP contribution in [0.25, 0.3) is 0 Å². The lowest BCUT2D eigenvalue weighted by atomic mass is 9.44. The molecule has 1 aliphatic heterocycles. The summed E-state index contributed by atoms with van der Waals surface area (Å²) in [5, 5.41) is 51.8. The number of rotatable bonds is 10. The monoisotopic (exact) mass is 869 g/mol. The van der Waals surface area contributed by atoms with Gasteiger partial charge in [-0.25, -0.2) is 9.59 Å². The van der Waals surface area contributed by atoms with Crippen LogP contribution in [0.1, 0.15) is 80.3 Å². The van der Waals surface area contributed by atoms with E-state index in [1.165, 1.54) is 39.8 Å². The Kier molecular flexibility index (Phi) is 12.0. The fourth-order valence-electron chi connectivity index (χ4n) is 10.3. The topological polar surface area (TPSA) is 242 Å². The van der Waals surface area contributed by atoms with Crippen LogP contribution in [-0.4, -0.2) is 117 Å². The average molecular weight is 870 g/mol. The lowest BCUT2D eigenvalue weighted by Crippen LogP contribution is -2.85. The predicted octanol–water partition coefficient (Wildman–Crippen LogP) is 2.71. The molecule has 3 fully saturated rings. The van der Waals surface area contributed by atoms with Crippen molar-refractivity contribution in [2.24, 2.45) is 16.7 Å². The molecule has 2 saturated carbocycles. The van der Waals surface area contributed by atoms with Crippen LogP contribution in [0.4, 0.5) is 0 Å². The number of hydrogen-bond acceptors (Lipinski definition) is 15. The number of aliphatic hydroxyl groups excluding tert-OH is 3. The zero-order chi connectivity index (χ0) is 45.8. The molecule has 16 nitrogen and oxygen atoms in total. The number of esters is 4. The highest BCUT2D eigenvalue weighted by Crippen LogP contribution is 2.64. The van der Waals surface area contributed by atoms with Gasteiger partial charge in [-0.2, -0.15) is 0 Å². The lowest BCUT2D eigenvalue weighted by Gasteiger charge is -2.68. The van der Waals surface area contributed by atoms with Crippen LogP contribution >= 0.6 is 0 Å². The van der Waals surface area contributed by atoms with Gasteiger partial charge in [0.15, 0.2) is 23.6 Å². The number of aliphatic hydroxyl groups is 4. The van der Waals surface area contributed by atoms with Crippen LogP contribution in [0.3, 0.4) is 0 Å². The van der Waals surface area contributed by atoms with E-state index in [2.05, 4.69) is 5.32 Å². The number of carbonyl (C=O) groups is 6. The molecule has 16 heteroatoms. The Morgan fingerprint density at radius 3 is 1.92 bits per heavy atom. The lowest BCUT2D eigenvalue weighted by molar-refractivity contribution is -0.369. The average Bonchev–Trinajstić information content (AvgIpc) is 3.24. The van der Waals surface area contributed by atoms with Crippen LogP contribution in [-0.2, 0) is 42.9 Å². The molecule has 1 saturated heterocycles. The summed E-state index contributed by atoms with van der Waals surface area (Å²) < 4.78 is 29.9. The highest BCUT2D eigenvalue weighted by molar-refractivity contribution is 5.96. The SMILES string of the molecule is CC(=O)OC1C(=O)C2(C)C(O)C(O)C3OCC3(OC(C)=O)C2C(OC(=O)c2ccccc2)C2(O)CC(OC(=O)C(O)C(NC(=O)c3ccccc3)c3ccccc3)C(C)=C1C2(C)C. The fraction of sp³-hybridized carbons (Fsp3) is 0.447. The summed E-state index contributed by atoms with van der Waals surface area (Å²) in [7, 11) is 0. The van der Waals surface area contributed by atoms with Crippen LogP contribution in [0.2, 0.25) is 0 Å². The summed E-state index contributed by atoms with van der Waals surface area (Å²) in [6.07, 6.45) is -13.5. The standard InChI is InChI=1S/C47H51NO15/c1-24-30(61-43(57)33(51)32(27-16-10-7-11-17-27)48-41(55)28-18-12-8-13-19-28)22-47(58)40(62-42(56)29-20-14-9-15-21-29)36-45(6,38(54)35(60-25(2)49)31(24)44(47,4)5)37(53)34(52)39-46(36,23-59-39)63-26(3)50/h7-21,30,32-37,39-40,51-53,58H,22-23H2,1-6H3,(H,48,55). The Balaban J connectivity index is 1.40. The van der Waals surface area contributed by atoms with Crippen molar-refractivity contribution in [3.63, 3.8) is 0 Å². The van der Waals surface area contributed by atoms with Crippen molar-refractivity contribution in [3.8, 4) is 0 Å². The van der Waals surface area contributed by atoms with Crippen molar-refractivity contribution < 1.29 is 72.9 Å². The van der Waals surface area contributed by atoms with Crippen LogP contribution in [0, 0.1) is 16.7 Å². The van der Waals surface area contributed by atoms with Gasteiger partial charge >= 0.3 is 23.9 Å². The van der Waals surface area contributed by atoms with E-state index >= 15 is 4.79 Å². The van der Waals surface area contributed by atoms with Gasteiger partial charge in [0.2, 0.25) is 0 Å². The van der Waals surface area contributed by atoms with E-state index in [9.17, 15) is 44.4 Å². The highest BCUT2D eigenvalue weighted by Gasteiger charge is 2.80. The molecule has 2 bridgehead atoms. The molecule has 7 rings (SSSR count). The first-order valence-electron chi connectivity index (χ1n) is 20.6. The van der Waals surface area contributed by atoms with Gasteiger partial charge in [-0.15, -0.1) is 0 Å². The molecule has 12 unspecified atom stereocenters. The molecule has 0 radical (unpaired) electrons. The van der Waals surface area contributed by atoms with Crippen LogP contribution in [0.5, 0.6) is 0 Å². The minimum Gasteiger partial charge on any atom is -0.456 e. The van der Waals surface area contributed by atoms with Gasteiger partial charge in [-0.3, -0.25) is 19.2 Å². The maximum absolute atomic E-state index is 15.5. The van der Waals surface area contributed by atoms with Crippen LogP contribution in [0.15, 0.2) is 102 Å². The first-order chi connectivity index (χ1) is 29.7. The van der Waals surface area contributed by atoms with Crippen molar-refractivity contribution in [2.45, 2.75) is 108 Å². The molecule has 3 aromatic rings. The van der Waals surface area contributed by atoms with Gasteiger partial charge in [0, 0.05) is 31.2 Å². The first-order valence-corrected chi connectivity index (χ1v) is 20.6. The largest absolute Gasteiger partial charge is 0.456 e. The van der Waals surface area contributed by atoms with Crippen LogP contribution < -0.4 is 5.32 Å². The van der Waals surface area contributed by atoms with E-state index in [4.69, 9.17) is 23.7 Å². The molecule has 63 heavy (non-hydrogen) atoms. The van der Waals surface area contributed by atoms with Gasteiger partial charge in [-0.05, 0) is 54.8 Å². The second kappa shape index (κ2) is 16.7. The molecule has 1 amide bonds. The van der Waals surface area contributed by atoms with E-state index in [1.54, 1.807) is 78.9 Å². The van der Waals surface area contributed by atoms with Crippen molar-refractivity contribution in [2.75, 3.05) is 6.61 Å². The minimum atomic E-state index is -2.48. The van der Waals surface area contributed by atoms with Gasteiger partial charge in [-0.1, -0.05) is 80.6 Å². The van der Waals surface area contributed by atoms with E-state index in [0.717, 1.165) is 13.8 Å². The summed E-state index contributed by atoms with van der Waals surface area (Å²) in [6, 6.07) is 22.6. The molecule has 3 aliphatic carbocycles. The molecule has 1 heterocycles. The summed E-state index contributed by atoms with van der Waals surface area (Å²) in [5.74, 6) is -7.48. The van der Waals surface area contributed by atoms with E-state index in [-0.39, 0.29) is 22.3 Å². The van der Waals surface area contributed by atoms with Crippen molar-refractivity contribution in [3.05, 3.63) is 119 Å². The second-order valence-electron chi connectivity index (χ2n) is 17.5. The Morgan fingerprint density at radius 1 is 0.810 bits per heavy atom. The van der Waals surface area contributed by atoms with E-state index < -0.39 is 125 Å². The van der Waals surface area contributed by atoms with Crippen molar-refractivity contribution in [1.29, 1.82) is 0 Å². The zero-order valence-corrected chi connectivity index (χ0v) is 35.6. The number of Topliss-reactive ketones (excluding diaryl/α,β-unsaturated/α-hetero) is 1. The van der Waals surface area contributed by atoms with Gasteiger partial charge in [0.25, 0.3) is 5.91 Å².